The molecule has 0 aromatic carbocycles. The molecule has 5 heterocycles. The van der Waals surface area contributed by atoms with E-state index >= 15 is 0 Å². The normalized spacial score (nSPS) is 17.7. The molecule has 1 N–H and O–H groups in total. The van der Waals surface area contributed by atoms with Crippen molar-refractivity contribution in [2.45, 2.75) is 37.8 Å². The van der Waals surface area contributed by atoms with Crippen molar-refractivity contribution in [2.24, 2.45) is 0 Å². The molecule has 5 rings (SSSR count). The minimum atomic E-state index is -4.24. The van der Waals surface area contributed by atoms with Gasteiger partial charge in [-0.05, 0) is 31.9 Å². The van der Waals surface area contributed by atoms with Crippen LogP contribution in [0.1, 0.15) is 36.7 Å². The van der Waals surface area contributed by atoms with E-state index in [9.17, 15) is 18.0 Å². The molecule has 0 aliphatic carbocycles. The lowest BCUT2D eigenvalue weighted by atomic mass is 9.81. The van der Waals surface area contributed by atoms with Crippen molar-refractivity contribution in [1.82, 2.24) is 29.3 Å². The first kappa shape index (κ1) is 22.2. The van der Waals surface area contributed by atoms with Crippen LogP contribution in [0, 0.1) is 0 Å². The fourth-order valence-corrected chi connectivity index (χ4v) is 4.09. The van der Waals surface area contributed by atoms with Crippen molar-refractivity contribution in [3.63, 3.8) is 0 Å². The maximum Gasteiger partial charge on any atom is 0.389 e. The predicted molar refractivity (Wildman–Crippen MR) is 117 cm³/mol. The number of fused-ring (bicyclic) bond motifs is 2. The van der Waals surface area contributed by atoms with E-state index in [1.807, 2.05) is 0 Å². The lowest BCUT2D eigenvalue weighted by Crippen LogP contribution is -2.33. The number of alkyl halides is 3. The average Bonchev–Trinajstić information content (AvgIpc) is 3.36. The number of aromatic nitrogens is 6. The Kier molecular flexibility index (Phi) is 5.23. The molecule has 12 heteroatoms. The number of hydrogen-bond acceptors (Lipinski definition) is 6. The number of pyridine rings is 1. The van der Waals surface area contributed by atoms with E-state index in [-0.39, 0.29) is 24.6 Å². The van der Waals surface area contributed by atoms with Crippen LogP contribution < -0.4 is 5.32 Å². The maximum atomic E-state index is 12.9. The van der Waals surface area contributed by atoms with Gasteiger partial charge >= 0.3 is 6.18 Å². The van der Waals surface area contributed by atoms with E-state index in [1.54, 1.807) is 42.0 Å². The van der Waals surface area contributed by atoms with E-state index in [2.05, 4.69) is 30.2 Å². The highest BCUT2D eigenvalue weighted by atomic mass is 35.5. The molecule has 4 aromatic heterocycles. The van der Waals surface area contributed by atoms with Crippen molar-refractivity contribution < 1.29 is 18.0 Å². The van der Waals surface area contributed by atoms with Gasteiger partial charge in [0, 0.05) is 43.0 Å². The molecule has 0 fully saturated rings. The summed E-state index contributed by atoms with van der Waals surface area (Å²) in [7, 11) is 0. The topological polar surface area (TPSA) is 98.0 Å². The number of aryl methyl sites for hydroxylation is 1. The third-order valence-corrected chi connectivity index (χ3v) is 6.02. The lowest BCUT2D eigenvalue weighted by molar-refractivity contribution is -0.135. The molecule has 0 bridgehead atoms. The van der Waals surface area contributed by atoms with Gasteiger partial charge in [-0.15, -0.1) is 0 Å². The first-order valence-corrected chi connectivity index (χ1v) is 10.7. The number of carbonyl (C=O) groups excluding carboxylic acids is 1. The van der Waals surface area contributed by atoms with E-state index < -0.39 is 18.0 Å². The van der Waals surface area contributed by atoms with Crippen LogP contribution in [0.25, 0.3) is 17.2 Å². The second kappa shape index (κ2) is 8.01. The van der Waals surface area contributed by atoms with Gasteiger partial charge < -0.3 is 9.72 Å². The summed E-state index contributed by atoms with van der Waals surface area (Å²) in [6, 6.07) is 3.33. The number of halogens is 4. The Hall–Kier alpha value is -3.60. The second-order valence-electron chi connectivity index (χ2n) is 8.10. The first-order chi connectivity index (χ1) is 16.1. The summed E-state index contributed by atoms with van der Waals surface area (Å²) < 4.78 is 39.5. The van der Waals surface area contributed by atoms with Crippen LogP contribution in [0.4, 0.5) is 19.0 Å². The van der Waals surface area contributed by atoms with Crippen LogP contribution >= 0.6 is 11.6 Å². The molecule has 8 nitrogen and oxygen atoms in total. The Morgan fingerprint density at radius 3 is 2.71 bits per heavy atom. The molecule has 0 saturated heterocycles. The maximum absolute atomic E-state index is 12.9. The molecule has 4 aromatic rings. The summed E-state index contributed by atoms with van der Waals surface area (Å²) in [6.45, 7) is 1.72. The third kappa shape index (κ3) is 3.85. The second-order valence-corrected chi connectivity index (χ2v) is 8.53. The number of hydrogen-bond donors (Lipinski definition) is 1. The van der Waals surface area contributed by atoms with Gasteiger partial charge in [-0.2, -0.15) is 13.2 Å². The van der Waals surface area contributed by atoms with Crippen molar-refractivity contribution in [3.8, 4) is 11.5 Å². The largest absolute Gasteiger partial charge is 0.389 e. The van der Waals surface area contributed by atoms with Crippen molar-refractivity contribution in [3.05, 3.63) is 65.1 Å². The third-order valence-electron chi connectivity index (χ3n) is 5.80. The summed E-state index contributed by atoms with van der Waals surface area (Å²) in [4.78, 5) is 34.8. The zero-order valence-corrected chi connectivity index (χ0v) is 18.5. The number of amides is 1. The molecule has 1 amide bonds. The Bertz CT molecular complexity index is 1400. The molecule has 174 valence electrons. The standard InChI is InChI=1S/C22H17ClF3N7O/c1-21(16-5-4-12(23)9-28-16)13-10-29-18(31-17(13)32-20(21)34)15-11-33-8-7-27-19(33)14(30-15)3-2-6-22(24,25)26/h4-5,7-11H,2-3,6H2,1H3,(H,29,31,32,34). The molecule has 0 radical (unpaired) electrons. The summed E-state index contributed by atoms with van der Waals surface area (Å²) >= 11 is 5.93. The zero-order chi connectivity index (χ0) is 24.1. The predicted octanol–water partition coefficient (Wildman–Crippen LogP) is 4.38. The van der Waals surface area contributed by atoms with Crippen LogP contribution in [0.15, 0.2) is 43.1 Å². The number of nitrogens with zero attached hydrogens (tertiary/aromatic N) is 6. The van der Waals surface area contributed by atoms with Gasteiger partial charge in [0.25, 0.3) is 0 Å². The molecule has 0 saturated carbocycles. The van der Waals surface area contributed by atoms with E-state index in [1.165, 1.54) is 12.4 Å². The highest BCUT2D eigenvalue weighted by Gasteiger charge is 2.46. The molecule has 0 spiro atoms. The Morgan fingerprint density at radius 1 is 1.15 bits per heavy atom. The van der Waals surface area contributed by atoms with Crippen LogP contribution in [0.5, 0.6) is 0 Å². The molecule has 1 unspecified atom stereocenters. The quantitative estimate of drug-likeness (QED) is 0.448. The van der Waals surface area contributed by atoms with Gasteiger partial charge in [0.05, 0.1) is 16.4 Å². The van der Waals surface area contributed by atoms with Crippen LogP contribution in [0.3, 0.4) is 0 Å². The summed E-state index contributed by atoms with van der Waals surface area (Å²) in [5.41, 5.74) is 1.17. The van der Waals surface area contributed by atoms with Crippen molar-refractivity contribution in [2.75, 3.05) is 5.32 Å². The molecule has 1 aliphatic rings. The zero-order valence-electron chi connectivity index (χ0n) is 17.8. The number of anilines is 1. The van der Waals surface area contributed by atoms with Gasteiger partial charge in [0.1, 0.15) is 16.9 Å². The Labute approximate surface area is 196 Å². The fourth-order valence-electron chi connectivity index (χ4n) is 3.98. The van der Waals surface area contributed by atoms with Crippen LogP contribution in [0.2, 0.25) is 5.02 Å². The Balaban J connectivity index is 1.51. The van der Waals surface area contributed by atoms with Crippen molar-refractivity contribution in [1.29, 1.82) is 0 Å². The minimum absolute atomic E-state index is 0.0931. The highest BCUT2D eigenvalue weighted by molar-refractivity contribution is 6.30. The summed E-state index contributed by atoms with van der Waals surface area (Å²) in [6.07, 6.45) is 2.69. The number of rotatable bonds is 5. The van der Waals surface area contributed by atoms with Gasteiger partial charge in [0.2, 0.25) is 5.91 Å². The number of imidazole rings is 1. The Morgan fingerprint density at radius 2 is 1.97 bits per heavy atom. The van der Waals surface area contributed by atoms with Gasteiger partial charge in [-0.1, -0.05) is 11.6 Å². The monoisotopic (exact) mass is 487 g/mol. The molecule has 1 aliphatic heterocycles. The van der Waals surface area contributed by atoms with E-state index in [4.69, 9.17) is 11.6 Å². The van der Waals surface area contributed by atoms with Gasteiger partial charge in [-0.25, -0.2) is 19.9 Å². The lowest BCUT2D eigenvalue weighted by Gasteiger charge is -2.20. The molecule has 34 heavy (non-hydrogen) atoms. The summed E-state index contributed by atoms with van der Waals surface area (Å²) in [5.74, 6) is 0.232. The van der Waals surface area contributed by atoms with Crippen LogP contribution in [-0.2, 0) is 16.6 Å². The van der Waals surface area contributed by atoms with Gasteiger partial charge in [-0.3, -0.25) is 9.78 Å². The van der Waals surface area contributed by atoms with Crippen LogP contribution in [-0.4, -0.2) is 41.4 Å². The average molecular weight is 488 g/mol. The highest BCUT2D eigenvalue weighted by Crippen LogP contribution is 2.41. The fraction of sp³-hybridized carbons (Fsp3) is 0.273. The molecule has 1 atom stereocenters. The van der Waals surface area contributed by atoms with Crippen molar-refractivity contribution >= 4 is 29.0 Å². The smallest absolute Gasteiger partial charge is 0.309 e. The van der Waals surface area contributed by atoms with E-state index in [0.29, 0.717) is 39.1 Å². The SMILES string of the molecule is CC1(c2ccc(Cl)cn2)C(=O)Nc2nc(-c3cn4ccnc4c(CCCC(F)(F)F)n3)ncc21. The first-order valence-electron chi connectivity index (χ1n) is 10.4. The van der Waals surface area contributed by atoms with Gasteiger partial charge in [0.15, 0.2) is 11.5 Å². The van der Waals surface area contributed by atoms with E-state index in [0.717, 1.165) is 0 Å². The summed E-state index contributed by atoms with van der Waals surface area (Å²) in [5, 5.41) is 3.22. The molecular weight excluding hydrogens is 471 g/mol. The molecular formula is C22H17ClF3N7O. The number of nitrogens with one attached hydrogen (secondary N) is 1. The minimum Gasteiger partial charge on any atom is -0.309 e. The number of carbonyl (C=O) groups is 1.